The molecule has 2 rings (SSSR count). The third-order valence-electron chi connectivity index (χ3n) is 4.63. The van der Waals surface area contributed by atoms with Crippen molar-refractivity contribution in [3.63, 3.8) is 0 Å². The van der Waals surface area contributed by atoms with E-state index in [1.54, 1.807) is 25.1 Å². The maximum Gasteiger partial charge on any atom is 0.242 e. The van der Waals surface area contributed by atoms with E-state index in [9.17, 15) is 14.0 Å². The molecule has 4 nitrogen and oxygen atoms in total. The van der Waals surface area contributed by atoms with Gasteiger partial charge in [0.15, 0.2) is 0 Å². The van der Waals surface area contributed by atoms with Gasteiger partial charge in [-0.25, -0.2) is 4.39 Å². The van der Waals surface area contributed by atoms with Gasteiger partial charge in [-0.05, 0) is 32.3 Å². The Hall–Kier alpha value is -1.91. The Morgan fingerprint density at radius 2 is 1.96 bits per heavy atom. The second-order valence-electron chi connectivity index (χ2n) is 6.53. The zero-order valence-electron chi connectivity index (χ0n) is 14.6. The molecule has 1 aromatic carbocycles. The number of carbonyl (C=O) groups is 2. The molecule has 0 spiro atoms. The number of hydrogen-bond donors (Lipinski definition) is 1. The Labute approximate surface area is 143 Å². The minimum atomic E-state index is -0.607. The van der Waals surface area contributed by atoms with Crippen LogP contribution in [0.4, 0.5) is 4.39 Å². The largest absolute Gasteiger partial charge is 0.352 e. The molecule has 1 aromatic rings. The Balaban J connectivity index is 2.10. The quantitative estimate of drug-likeness (QED) is 0.831. The minimum Gasteiger partial charge on any atom is -0.352 e. The normalized spacial score (nSPS) is 16.0. The lowest BCUT2D eigenvalue weighted by Gasteiger charge is -2.29. The highest BCUT2D eigenvalue weighted by Crippen LogP contribution is 2.19. The van der Waals surface area contributed by atoms with Crippen LogP contribution in [0.25, 0.3) is 0 Å². The molecule has 0 aliphatic heterocycles. The van der Waals surface area contributed by atoms with Crippen molar-refractivity contribution in [3.8, 4) is 0 Å². The van der Waals surface area contributed by atoms with E-state index in [1.807, 2.05) is 6.92 Å². The van der Waals surface area contributed by atoms with Crippen LogP contribution in [-0.2, 0) is 16.1 Å². The smallest absolute Gasteiger partial charge is 0.242 e. The lowest BCUT2D eigenvalue weighted by molar-refractivity contribution is -0.141. The number of benzene rings is 1. The fourth-order valence-corrected chi connectivity index (χ4v) is 3.14. The number of amides is 2. The fraction of sp³-hybridized carbons (Fsp3) is 0.579. The molecule has 24 heavy (non-hydrogen) atoms. The topological polar surface area (TPSA) is 49.4 Å². The van der Waals surface area contributed by atoms with Crippen molar-refractivity contribution < 1.29 is 14.0 Å². The molecule has 0 radical (unpaired) electrons. The van der Waals surface area contributed by atoms with Gasteiger partial charge in [-0.3, -0.25) is 9.59 Å². The molecule has 0 aromatic heterocycles. The van der Waals surface area contributed by atoms with Crippen molar-refractivity contribution in [1.29, 1.82) is 0 Å². The summed E-state index contributed by atoms with van der Waals surface area (Å²) < 4.78 is 14.0. The fourth-order valence-electron chi connectivity index (χ4n) is 3.14. The lowest BCUT2D eigenvalue weighted by Crippen LogP contribution is -2.49. The van der Waals surface area contributed by atoms with E-state index in [1.165, 1.54) is 11.0 Å². The van der Waals surface area contributed by atoms with E-state index >= 15 is 0 Å². The summed E-state index contributed by atoms with van der Waals surface area (Å²) >= 11 is 0. The Morgan fingerprint density at radius 1 is 1.29 bits per heavy atom. The summed E-state index contributed by atoms with van der Waals surface area (Å²) in [6, 6.07) is 5.99. The highest BCUT2D eigenvalue weighted by molar-refractivity contribution is 5.87. The van der Waals surface area contributed by atoms with Gasteiger partial charge in [-0.15, -0.1) is 0 Å². The number of nitrogens with zero attached hydrogens (tertiary/aromatic N) is 1. The van der Waals surface area contributed by atoms with Crippen LogP contribution in [0, 0.1) is 5.82 Å². The van der Waals surface area contributed by atoms with E-state index < -0.39 is 6.04 Å². The summed E-state index contributed by atoms with van der Waals surface area (Å²) in [7, 11) is 0. The van der Waals surface area contributed by atoms with Gasteiger partial charge in [-0.1, -0.05) is 38.0 Å². The molecule has 0 heterocycles. The maximum absolute atomic E-state index is 14.0. The molecule has 1 atom stereocenters. The van der Waals surface area contributed by atoms with Crippen LogP contribution in [0.5, 0.6) is 0 Å². The second kappa shape index (κ2) is 8.81. The molecule has 1 aliphatic rings. The number of carbonyl (C=O) groups excluding carboxylic acids is 2. The summed E-state index contributed by atoms with van der Waals surface area (Å²) in [5.74, 6) is -0.618. The number of halogens is 1. The van der Waals surface area contributed by atoms with Gasteiger partial charge in [0, 0.05) is 24.6 Å². The van der Waals surface area contributed by atoms with Crippen LogP contribution < -0.4 is 5.32 Å². The van der Waals surface area contributed by atoms with E-state index in [4.69, 9.17) is 0 Å². The molecule has 132 valence electrons. The zero-order valence-corrected chi connectivity index (χ0v) is 14.6. The molecule has 0 unspecified atom stereocenters. The van der Waals surface area contributed by atoms with Crippen LogP contribution in [-0.4, -0.2) is 28.8 Å². The standard InChI is InChI=1S/C19H27FN2O2/c1-3-8-18(23)22(13-15-9-4-7-12-17(15)20)14(2)19(24)21-16-10-5-6-11-16/h4,7,9,12,14,16H,3,5-6,8,10-11,13H2,1-2H3,(H,21,24)/t14-/m1/s1. The molecule has 1 aliphatic carbocycles. The summed E-state index contributed by atoms with van der Waals surface area (Å²) in [5, 5.41) is 3.03. The van der Waals surface area contributed by atoms with Gasteiger partial charge in [0.05, 0.1) is 0 Å². The third kappa shape index (κ3) is 4.79. The first-order chi connectivity index (χ1) is 11.5. The predicted molar refractivity (Wildman–Crippen MR) is 91.7 cm³/mol. The van der Waals surface area contributed by atoms with E-state index in [-0.39, 0.29) is 30.2 Å². The Bertz CT molecular complexity index is 570. The molecule has 5 heteroatoms. The van der Waals surface area contributed by atoms with Crippen LogP contribution in [0.3, 0.4) is 0 Å². The molecule has 0 saturated heterocycles. The second-order valence-corrected chi connectivity index (χ2v) is 6.53. The monoisotopic (exact) mass is 334 g/mol. The lowest BCUT2D eigenvalue weighted by atomic mass is 10.1. The van der Waals surface area contributed by atoms with Gasteiger partial charge in [0.1, 0.15) is 11.9 Å². The van der Waals surface area contributed by atoms with Gasteiger partial charge < -0.3 is 10.2 Å². The zero-order chi connectivity index (χ0) is 17.5. The number of rotatable bonds is 7. The number of hydrogen-bond acceptors (Lipinski definition) is 2. The molecule has 0 bridgehead atoms. The van der Waals surface area contributed by atoms with Crippen molar-refractivity contribution in [3.05, 3.63) is 35.6 Å². The summed E-state index contributed by atoms with van der Waals surface area (Å²) in [6.45, 7) is 3.76. The van der Waals surface area contributed by atoms with E-state index in [2.05, 4.69) is 5.32 Å². The average Bonchev–Trinajstić information content (AvgIpc) is 3.06. The highest BCUT2D eigenvalue weighted by Gasteiger charge is 2.28. The van der Waals surface area contributed by atoms with Gasteiger partial charge in [0.25, 0.3) is 0 Å². The van der Waals surface area contributed by atoms with Crippen molar-refractivity contribution in [2.75, 3.05) is 0 Å². The number of nitrogens with one attached hydrogen (secondary N) is 1. The molecule has 1 saturated carbocycles. The van der Waals surface area contributed by atoms with Crippen molar-refractivity contribution >= 4 is 11.8 Å². The molecular formula is C19H27FN2O2. The van der Waals surface area contributed by atoms with Gasteiger partial charge in [-0.2, -0.15) is 0 Å². The summed E-state index contributed by atoms with van der Waals surface area (Å²) in [4.78, 5) is 26.5. The third-order valence-corrected chi connectivity index (χ3v) is 4.63. The van der Waals surface area contributed by atoms with Gasteiger partial charge in [0.2, 0.25) is 11.8 Å². The SMILES string of the molecule is CCCC(=O)N(Cc1ccccc1F)[C@H](C)C(=O)NC1CCCC1. The predicted octanol–water partition coefficient (Wildman–Crippen LogP) is 3.40. The van der Waals surface area contributed by atoms with E-state index in [0.29, 0.717) is 18.4 Å². The summed E-state index contributed by atoms with van der Waals surface area (Å²) in [6.07, 6.45) is 5.31. The van der Waals surface area contributed by atoms with Crippen molar-refractivity contribution in [2.24, 2.45) is 0 Å². The summed E-state index contributed by atoms with van der Waals surface area (Å²) in [5.41, 5.74) is 0.433. The van der Waals surface area contributed by atoms with Crippen LogP contribution in [0.2, 0.25) is 0 Å². The molecule has 2 amide bonds. The van der Waals surface area contributed by atoms with E-state index in [0.717, 1.165) is 25.7 Å². The maximum atomic E-state index is 14.0. The minimum absolute atomic E-state index is 0.116. The van der Waals surface area contributed by atoms with Crippen molar-refractivity contribution in [2.45, 2.75) is 71.0 Å². The average molecular weight is 334 g/mol. The molecule has 1 fully saturated rings. The van der Waals surface area contributed by atoms with Crippen LogP contribution >= 0.6 is 0 Å². The first-order valence-corrected chi connectivity index (χ1v) is 8.86. The van der Waals surface area contributed by atoms with Crippen LogP contribution in [0.15, 0.2) is 24.3 Å². The van der Waals surface area contributed by atoms with Crippen LogP contribution in [0.1, 0.15) is 57.9 Å². The Kier molecular flexibility index (Phi) is 6.76. The first-order valence-electron chi connectivity index (χ1n) is 8.86. The Morgan fingerprint density at radius 3 is 2.58 bits per heavy atom. The van der Waals surface area contributed by atoms with Gasteiger partial charge >= 0.3 is 0 Å². The van der Waals surface area contributed by atoms with Crippen molar-refractivity contribution in [1.82, 2.24) is 10.2 Å². The highest BCUT2D eigenvalue weighted by atomic mass is 19.1. The first kappa shape index (κ1) is 18.4. The molecular weight excluding hydrogens is 307 g/mol. The molecule has 1 N–H and O–H groups in total.